The van der Waals surface area contributed by atoms with Crippen LogP contribution >= 0.6 is 0 Å². The highest BCUT2D eigenvalue weighted by molar-refractivity contribution is 6.04. The van der Waals surface area contributed by atoms with E-state index in [0.29, 0.717) is 12.8 Å². The summed E-state index contributed by atoms with van der Waals surface area (Å²) in [5.41, 5.74) is -0.797. The number of carbonyl (C=O) groups is 2. The molecule has 0 radical (unpaired) electrons. The zero-order valence-electron chi connectivity index (χ0n) is 15.2. The topological polar surface area (TPSA) is 69.6 Å². The number of amides is 2. The highest BCUT2D eigenvalue weighted by Crippen LogP contribution is 2.26. The predicted octanol–water partition coefficient (Wildman–Crippen LogP) is 3.35. The molecule has 9 heteroatoms. The number of hydrogen-bond donors (Lipinski definition) is 2. The first-order chi connectivity index (χ1) is 13.8. The van der Waals surface area contributed by atoms with E-state index >= 15 is 0 Å². The average Bonchev–Trinajstić information content (AvgIpc) is 2.70. The van der Waals surface area contributed by atoms with Gasteiger partial charge in [-0.3, -0.25) is 9.59 Å². The van der Waals surface area contributed by atoms with Crippen molar-refractivity contribution in [2.24, 2.45) is 0 Å². The number of nitrogens with one attached hydrogen (secondary N) is 1. The minimum atomic E-state index is -2.32. The highest BCUT2D eigenvalue weighted by Gasteiger charge is 2.31. The number of piperidine rings is 1. The second-order valence-electron chi connectivity index (χ2n) is 6.74. The molecule has 0 spiro atoms. The van der Waals surface area contributed by atoms with Gasteiger partial charge in [0.15, 0.2) is 11.6 Å². The molecule has 1 atom stereocenters. The molecule has 0 aliphatic carbocycles. The first-order valence-electron chi connectivity index (χ1n) is 8.93. The summed E-state index contributed by atoms with van der Waals surface area (Å²) in [6.45, 7) is 0.302. The minimum Gasteiger partial charge on any atom is -0.393 e. The van der Waals surface area contributed by atoms with Crippen LogP contribution in [0.2, 0.25) is 0 Å². The Morgan fingerprint density at radius 2 is 1.66 bits per heavy atom. The highest BCUT2D eigenvalue weighted by atomic mass is 19.2. The molecule has 2 amide bonds. The molecule has 1 aliphatic rings. The van der Waals surface area contributed by atoms with E-state index in [4.69, 9.17) is 0 Å². The van der Waals surface area contributed by atoms with Crippen LogP contribution in [0.25, 0.3) is 0 Å². The van der Waals surface area contributed by atoms with Gasteiger partial charge in [0.2, 0.25) is 6.17 Å². The number of anilines is 1. The molecule has 2 N–H and O–H groups in total. The Balaban J connectivity index is 1.77. The van der Waals surface area contributed by atoms with Gasteiger partial charge >= 0.3 is 0 Å². The van der Waals surface area contributed by atoms with Gasteiger partial charge in [0.1, 0.15) is 5.82 Å². The van der Waals surface area contributed by atoms with Crippen molar-refractivity contribution in [2.45, 2.75) is 25.1 Å². The summed E-state index contributed by atoms with van der Waals surface area (Å²) in [6, 6.07) is 5.58. The van der Waals surface area contributed by atoms with E-state index in [1.807, 2.05) is 0 Å². The van der Waals surface area contributed by atoms with Gasteiger partial charge in [-0.25, -0.2) is 17.6 Å². The van der Waals surface area contributed by atoms with E-state index in [1.165, 1.54) is 4.90 Å². The second kappa shape index (κ2) is 8.60. The van der Waals surface area contributed by atoms with Gasteiger partial charge in [0.05, 0.1) is 6.10 Å². The van der Waals surface area contributed by atoms with Crippen LogP contribution in [-0.4, -0.2) is 41.0 Å². The third kappa shape index (κ3) is 4.73. The summed E-state index contributed by atoms with van der Waals surface area (Å²) in [7, 11) is 0. The van der Waals surface area contributed by atoms with Crippen LogP contribution in [0, 0.1) is 17.5 Å². The second-order valence-corrected chi connectivity index (χ2v) is 6.74. The van der Waals surface area contributed by atoms with Crippen molar-refractivity contribution in [3.05, 3.63) is 65.0 Å². The SMILES string of the molecule is O=C(Nc1ccc(F)c(F)c1)c1ccc(F)c(C(F)C(=O)N2CCC(O)CC2)c1. The lowest BCUT2D eigenvalue weighted by Crippen LogP contribution is -2.41. The fraction of sp³-hybridized carbons (Fsp3) is 0.300. The zero-order valence-corrected chi connectivity index (χ0v) is 15.2. The number of carbonyl (C=O) groups excluding carboxylic acids is 2. The summed E-state index contributed by atoms with van der Waals surface area (Å²) in [4.78, 5) is 25.8. The fourth-order valence-electron chi connectivity index (χ4n) is 3.04. The van der Waals surface area contributed by atoms with Gasteiger partial charge in [-0.1, -0.05) is 0 Å². The van der Waals surface area contributed by atoms with E-state index in [1.54, 1.807) is 0 Å². The van der Waals surface area contributed by atoms with E-state index in [0.717, 1.165) is 36.4 Å². The molecule has 2 aromatic rings. The average molecular weight is 410 g/mol. The van der Waals surface area contributed by atoms with Crippen molar-refractivity contribution >= 4 is 17.5 Å². The maximum Gasteiger partial charge on any atom is 0.261 e. The zero-order chi connectivity index (χ0) is 21.1. The predicted molar refractivity (Wildman–Crippen MR) is 96.4 cm³/mol. The van der Waals surface area contributed by atoms with Crippen LogP contribution in [-0.2, 0) is 4.79 Å². The van der Waals surface area contributed by atoms with Crippen LogP contribution in [0.1, 0.15) is 34.9 Å². The summed E-state index contributed by atoms with van der Waals surface area (Å²) < 4.78 is 55.1. The lowest BCUT2D eigenvalue weighted by molar-refractivity contribution is -0.138. The minimum absolute atomic E-state index is 0.0421. The standard InChI is InChI=1S/C20H18F4N2O3/c21-15-3-1-11(19(28)25-12-2-4-16(22)17(23)10-12)9-14(15)18(24)20(29)26-7-5-13(27)6-8-26/h1-4,9-10,13,18,27H,5-8H2,(H,25,28). The number of aliphatic hydroxyl groups excluding tert-OH is 1. The number of aliphatic hydroxyl groups is 1. The lowest BCUT2D eigenvalue weighted by atomic mass is 10.0. The molecule has 1 heterocycles. The third-order valence-corrected chi connectivity index (χ3v) is 4.70. The Labute approximate surface area is 163 Å². The number of alkyl halides is 1. The first kappa shape index (κ1) is 20.8. The van der Waals surface area contributed by atoms with Gasteiger partial charge in [-0.05, 0) is 43.2 Å². The third-order valence-electron chi connectivity index (χ3n) is 4.70. The van der Waals surface area contributed by atoms with Crippen molar-refractivity contribution in [1.82, 2.24) is 4.90 Å². The number of hydrogen-bond acceptors (Lipinski definition) is 3. The number of nitrogens with zero attached hydrogens (tertiary/aromatic N) is 1. The summed E-state index contributed by atoms with van der Waals surface area (Å²) in [5, 5.41) is 11.8. The summed E-state index contributed by atoms with van der Waals surface area (Å²) in [5.74, 6) is -5.00. The van der Waals surface area contributed by atoms with Gasteiger partial charge in [0, 0.05) is 36.0 Å². The maximum absolute atomic E-state index is 14.7. The molecule has 0 saturated carbocycles. The molecule has 2 aromatic carbocycles. The van der Waals surface area contributed by atoms with Crippen LogP contribution in [0.4, 0.5) is 23.2 Å². The van der Waals surface area contributed by atoms with E-state index in [2.05, 4.69) is 5.32 Å². The summed E-state index contributed by atoms with van der Waals surface area (Å²) in [6.07, 6.45) is -2.27. The Hall–Kier alpha value is -2.94. The molecule has 154 valence electrons. The van der Waals surface area contributed by atoms with E-state index in [-0.39, 0.29) is 24.3 Å². The molecular weight excluding hydrogens is 392 g/mol. The molecule has 1 aliphatic heterocycles. The van der Waals surface area contributed by atoms with Gasteiger partial charge < -0.3 is 15.3 Å². The maximum atomic E-state index is 14.7. The van der Waals surface area contributed by atoms with E-state index in [9.17, 15) is 32.3 Å². The summed E-state index contributed by atoms with van der Waals surface area (Å²) >= 11 is 0. The largest absolute Gasteiger partial charge is 0.393 e. The number of halogens is 4. The van der Waals surface area contributed by atoms with Crippen molar-refractivity contribution in [3.63, 3.8) is 0 Å². The Kier molecular flexibility index (Phi) is 6.17. The molecule has 1 unspecified atom stereocenters. The van der Waals surface area contributed by atoms with Crippen LogP contribution in [0.15, 0.2) is 36.4 Å². The van der Waals surface area contributed by atoms with Gasteiger partial charge in [0.25, 0.3) is 11.8 Å². The molecule has 5 nitrogen and oxygen atoms in total. The van der Waals surface area contributed by atoms with Crippen LogP contribution in [0.3, 0.4) is 0 Å². The van der Waals surface area contributed by atoms with E-state index < -0.39 is 47.1 Å². The monoisotopic (exact) mass is 410 g/mol. The molecule has 3 rings (SSSR count). The van der Waals surface area contributed by atoms with Crippen molar-refractivity contribution in [1.29, 1.82) is 0 Å². The van der Waals surface area contributed by atoms with Crippen molar-refractivity contribution < 1.29 is 32.3 Å². The van der Waals surface area contributed by atoms with Crippen LogP contribution in [0.5, 0.6) is 0 Å². The number of likely N-dealkylation sites (tertiary alicyclic amines) is 1. The molecule has 1 saturated heterocycles. The quantitative estimate of drug-likeness (QED) is 0.760. The Bertz CT molecular complexity index is 930. The molecule has 0 bridgehead atoms. The van der Waals surface area contributed by atoms with Gasteiger partial charge in [-0.15, -0.1) is 0 Å². The number of rotatable bonds is 4. The smallest absolute Gasteiger partial charge is 0.261 e. The first-order valence-corrected chi connectivity index (χ1v) is 8.93. The van der Waals surface area contributed by atoms with Crippen molar-refractivity contribution in [2.75, 3.05) is 18.4 Å². The Morgan fingerprint density at radius 1 is 1.00 bits per heavy atom. The molecule has 1 fully saturated rings. The number of benzene rings is 2. The normalized spacial score (nSPS) is 15.8. The molecule has 29 heavy (non-hydrogen) atoms. The molecule has 0 aromatic heterocycles. The fourth-order valence-corrected chi connectivity index (χ4v) is 3.04. The Morgan fingerprint density at radius 3 is 2.31 bits per heavy atom. The lowest BCUT2D eigenvalue weighted by Gasteiger charge is -2.30. The van der Waals surface area contributed by atoms with Gasteiger partial charge in [-0.2, -0.15) is 0 Å². The molecular formula is C20H18F4N2O3. The van der Waals surface area contributed by atoms with Crippen molar-refractivity contribution in [3.8, 4) is 0 Å². The van der Waals surface area contributed by atoms with Crippen LogP contribution < -0.4 is 5.32 Å².